The van der Waals surface area contributed by atoms with Gasteiger partial charge in [0.2, 0.25) is 5.91 Å². The van der Waals surface area contributed by atoms with E-state index in [2.05, 4.69) is 78.3 Å². The second-order valence-electron chi connectivity index (χ2n) is 10.9. The number of hydrogen-bond acceptors (Lipinski definition) is 6. The van der Waals surface area contributed by atoms with E-state index in [1.807, 2.05) is 13.8 Å². The molecule has 45 heavy (non-hydrogen) atoms. The van der Waals surface area contributed by atoms with Gasteiger partial charge in [0.15, 0.2) is 5.44 Å². The number of benzene rings is 1. The number of aromatic carboxylic acids is 1. The number of phenols is 1. The molecule has 1 aromatic rings. The molecule has 0 aliphatic heterocycles. The highest BCUT2D eigenvalue weighted by molar-refractivity contribution is 8.00. The molecule has 2 atom stereocenters. The molecule has 1 rings (SSSR count). The van der Waals surface area contributed by atoms with E-state index in [0.29, 0.717) is 6.42 Å². The Labute approximate surface area is 273 Å². The van der Waals surface area contributed by atoms with Gasteiger partial charge in [-0.2, -0.15) is 0 Å². The fraction of sp³-hybridized carbons (Fsp3) is 0.472. The van der Waals surface area contributed by atoms with Crippen molar-refractivity contribution >= 4 is 35.2 Å². The summed E-state index contributed by atoms with van der Waals surface area (Å²) < 4.78 is 5.40. The Morgan fingerprint density at radius 1 is 0.867 bits per heavy atom. The Morgan fingerprint density at radius 3 is 1.98 bits per heavy atom. The molecule has 2 unspecified atom stereocenters. The van der Waals surface area contributed by atoms with Crippen molar-refractivity contribution in [2.45, 2.75) is 90.0 Å². The topological polar surface area (TPSA) is 125 Å². The molecule has 0 aliphatic rings. The molecule has 0 aliphatic carbocycles. The number of allylic oxidation sites excluding steroid dienone is 10. The summed E-state index contributed by atoms with van der Waals surface area (Å²) in [4.78, 5) is 37.3. The van der Waals surface area contributed by atoms with Crippen LogP contribution in [0.5, 0.6) is 5.75 Å². The van der Waals surface area contributed by atoms with Crippen molar-refractivity contribution in [2.24, 2.45) is 5.92 Å². The minimum atomic E-state index is -1.31. The van der Waals surface area contributed by atoms with Crippen LogP contribution in [0, 0.1) is 5.92 Å². The first-order valence-corrected chi connectivity index (χ1v) is 16.8. The lowest BCUT2D eigenvalue weighted by Crippen LogP contribution is -2.48. The summed E-state index contributed by atoms with van der Waals surface area (Å²) in [6, 6.07) is 2.94. The maximum Gasteiger partial charge on any atom is 0.339 e. The van der Waals surface area contributed by atoms with Crippen LogP contribution in [0.4, 0.5) is 5.69 Å². The average molecular weight is 641 g/mol. The van der Waals surface area contributed by atoms with E-state index >= 15 is 0 Å². The number of carbonyl (C=O) groups is 3. The van der Waals surface area contributed by atoms with Gasteiger partial charge in [0.25, 0.3) is 5.91 Å². The Bertz CT molecular complexity index is 1170. The molecule has 0 heterocycles. The number of hydrogen-bond donors (Lipinski definition) is 4. The third kappa shape index (κ3) is 18.8. The van der Waals surface area contributed by atoms with Crippen LogP contribution in [0.1, 0.15) is 88.9 Å². The molecular formula is C36H52N2O6S. The molecule has 1 aromatic carbocycles. The molecular weight excluding hydrogens is 588 g/mol. The lowest BCUT2D eigenvalue weighted by molar-refractivity contribution is -0.130. The van der Waals surface area contributed by atoms with Gasteiger partial charge in [-0.25, -0.2) is 4.79 Å². The maximum atomic E-state index is 13.0. The third-order valence-electron chi connectivity index (χ3n) is 6.45. The number of unbranched alkanes of at least 4 members (excludes halogenated alkanes) is 2. The van der Waals surface area contributed by atoms with Gasteiger partial charge < -0.3 is 25.6 Å². The molecule has 0 fully saturated rings. The number of rotatable bonds is 23. The monoisotopic (exact) mass is 640 g/mol. The number of carboxylic acids is 1. The molecule has 8 nitrogen and oxygen atoms in total. The van der Waals surface area contributed by atoms with E-state index in [9.17, 15) is 24.6 Å². The summed E-state index contributed by atoms with van der Waals surface area (Å²) in [5.41, 5.74) is -0.869. The molecule has 0 aromatic heterocycles. The Morgan fingerprint density at radius 2 is 1.44 bits per heavy atom. The number of aromatic hydroxyl groups is 1. The van der Waals surface area contributed by atoms with Crippen molar-refractivity contribution in [1.29, 1.82) is 0 Å². The van der Waals surface area contributed by atoms with Gasteiger partial charge in [0, 0.05) is 12.8 Å². The van der Waals surface area contributed by atoms with Crippen molar-refractivity contribution in [3.05, 3.63) is 84.5 Å². The van der Waals surface area contributed by atoms with E-state index in [0.717, 1.165) is 57.1 Å². The molecule has 0 saturated heterocycles. The SMILES string of the molecule is CC/C=C\C/C=C\C/C=C\C/C=C\C/C=C\CCCCSC(OC)C(=O)NC(CC(C)C)C(=O)Nc1ccc(O)c(C(=O)O)c1. The van der Waals surface area contributed by atoms with E-state index < -0.39 is 35.0 Å². The van der Waals surface area contributed by atoms with Crippen molar-refractivity contribution in [3.63, 3.8) is 0 Å². The zero-order valence-electron chi connectivity index (χ0n) is 27.2. The average Bonchev–Trinajstić information content (AvgIpc) is 3.00. The standard InChI is InChI=1S/C36H52N2O6S/c1-5-6-7-8-9-10-11-12-13-14-15-16-17-18-19-20-21-22-25-45-36(44-4)34(41)38-31(26-28(2)3)33(40)37-29-23-24-32(39)30(27-29)35(42)43/h6-7,9-10,12-13,15-16,18-19,23-24,27-28,31,36,39H,5,8,11,14,17,20-22,25-26H2,1-4H3,(H,37,40)(H,38,41)(H,42,43)/b7-6-,10-9-,13-12-,16-15-,19-18-. The fourth-order valence-electron chi connectivity index (χ4n) is 4.13. The van der Waals surface area contributed by atoms with Crippen LogP contribution in [0.2, 0.25) is 0 Å². The van der Waals surface area contributed by atoms with Crippen LogP contribution in [0.3, 0.4) is 0 Å². The van der Waals surface area contributed by atoms with Crippen molar-refractivity contribution in [3.8, 4) is 5.75 Å². The summed E-state index contributed by atoms with van der Waals surface area (Å²) >= 11 is 1.39. The number of carboxylic acid groups (broad SMARTS) is 1. The molecule has 0 spiro atoms. The van der Waals surface area contributed by atoms with Crippen LogP contribution < -0.4 is 10.6 Å². The minimum absolute atomic E-state index is 0.111. The maximum absolute atomic E-state index is 13.0. The van der Waals surface area contributed by atoms with E-state index in [1.54, 1.807) is 0 Å². The predicted octanol–water partition coefficient (Wildman–Crippen LogP) is 8.19. The molecule has 0 bridgehead atoms. The second-order valence-corrected chi connectivity index (χ2v) is 12.0. The Balaban J connectivity index is 2.37. The van der Waals surface area contributed by atoms with Crippen LogP contribution >= 0.6 is 11.8 Å². The summed E-state index contributed by atoms with van der Waals surface area (Å²) in [5.74, 6) is -1.73. The van der Waals surface area contributed by atoms with Crippen molar-refractivity contribution in [1.82, 2.24) is 5.32 Å². The molecule has 248 valence electrons. The van der Waals surface area contributed by atoms with Crippen LogP contribution in [0.15, 0.2) is 79.0 Å². The van der Waals surface area contributed by atoms with E-state index in [4.69, 9.17) is 4.74 Å². The summed E-state index contributed by atoms with van der Waals surface area (Å²) in [6.45, 7) is 6.02. The highest BCUT2D eigenvalue weighted by Gasteiger charge is 2.27. The highest BCUT2D eigenvalue weighted by atomic mass is 32.2. The van der Waals surface area contributed by atoms with E-state index in [-0.39, 0.29) is 17.2 Å². The zero-order valence-corrected chi connectivity index (χ0v) is 28.1. The van der Waals surface area contributed by atoms with Crippen molar-refractivity contribution < 1.29 is 29.3 Å². The normalized spacial score (nSPS) is 13.5. The fourth-order valence-corrected chi connectivity index (χ4v) is 5.07. The van der Waals surface area contributed by atoms with Gasteiger partial charge in [-0.1, -0.05) is 81.5 Å². The molecule has 0 saturated carbocycles. The summed E-state index contributed by atoms with van der Waals surface area (Å²) in [6.07, 6.45) is 30.0. The zero-order chi connectivity index (χ0) is 33.3. The van der Waals surface area contributed by atoms with Gasteiger partial charge in [-0.15, -0.1) is 11.8 Å². The lowest BCUT2D eigenvalue weighted by Gasteiger charge is -2.23. The van der Waals surface area contributed by atoms with Crippen LogP contribution in [-0.4, -0.2) is 52.3 Å². The number of methoxy groups -OCH3 is 1. The largest absolute Gasteiger partial charge is 0.507 e. The number of nitrogens with one attached hydrogen (secondary N) is 2. The van der Waals surface area contributed by atoms with Gasteiger partial charge in [0.1, 0.15) is 17.4 Å². The Hall–Kier alpha value is -3.56. The van der Waals surface area contributed by atoms with Crippen molar-refractivity contribution in [2.75, 3.05) is 18.2 Å². The smallest absolute Gasteiger partial charge is 0.339 e. The van der Waals surface area contributed by atoms with E-state index in [1.165, 1.54) is 37.1 Å². The number of anilines is 1. The van der Waals surface area contributed by atoms with Gasteiger partial charge in [0.05, 0.1) is 0 Å². The van der Waals surface area contributed by atoms with Gasteiger partial charge in [-0.05, 0) is 87.7 Å². The Kier molecular flexibility index (Phi) is 21.7. The van der Waals surface area contributed by atoms with Gasteiger partial charge >= 0.3 is 5.97 Å². The first kappa shape index (κ1) is 39.5. The number of ether oxygens (including phenoxy) is 1. The summed E-state index contributed by atoms with van der Waals surface area (Å²) in [7, 11) is 1.47. The number of thioether (sulfide) groups is 1. The first-order valence-electron chi connectivity index (χ1n) is 15.8. The number of carbonyl (C=O) groups excluding carboxylic acids is 2. The quantitative estimate of drug-likeness (QED) is 0.0411. The molecule has 9 heteroatoms. The van der Waals surface area contributed by atoms with Crippen LogP contribution in [-0.2, 0) is 14.3 Å². The highest BCUT2D eigenvalue weighted by Crippen LogP contribution is 2.22. The summed E-state index contributed by atoms with van der Waals surface area (Å²) in [5, 5.41) is 24.4. The molecule has 0 radical (unpaired) electrons. The predicted molar refractivity (Wildman–Crippen MR) is 187 cm³/mol. The number of amides is 2. The van der Waals surface area contributed by atoms with Gasteiger partial charge in [-0.3, -0.25) is 9.59 Å². The molecule has 2 amide bonds. The first-order chi connectivity index (χ1) is 21.7. The lowest BCUT2D eigenvalue weighted by atomic mass is 10.0. The molecule has 4 N–H and O–H groups in total. The second kappa shape index (κ2) is 24.7. The third-order valence-corrected chi connectivity index (χ3v) is 7.69. The van der Waals surface area contributed by atoms with Crippen LogP contribution in [0.25, 0.3) is 0 Å². The minimum Gasteiger partial charge on any atom is -0.507 e.